The van der Waals surface area contributed by atoms with E-state index in [9.17, 15) is 13.2 Å². The quantitative estimate of drug-likeness (QED) is 0.441. The lowest BCUT2D eigenvalue weighted by Gasteiger charge is -2.10. The van der Waals surface area contributed by atoms with E-state index in [1.165, 1.54) is 12.1 Å². The number of amides is 1. The molecule has 1 amide bonds. The Bertz CT molecular complexity index is 1140. The van der Waals surface area contributed by atoms with Gasteiger partial charge < -0.3 is 10.1 Å². The Kier molecular flexibility index (Phi) is 8.81. The Hall–Kier alpha value is -2.71. The van der Waals surface area contributed by atoms with Crippen molar-refractivity contribution in [3.05, 3.63) is 101 Å². The van der Waals surface area contributed by atoms with E-state index in [1.807, 2.05) is 54.6 Å². The number of carbonyl (C=O) groups is 1. The molecule has 2 N–H and O–H groups in total. The summed E-state index contributed by atoms with van der Waals surface area (Å²) in [6.45, 7) is 1.34. The highest BCUT2D eigenvalue weighted by atomic mass is 35.5. The van der Waals surface area contributed by atoms with Crippen LogP contribution in [0.1, 0.15) is 23.1 Å². The third-order valence-electron chi connectivity index (χ3n) is 4.63. The minimum absolute atomic E-state index is 0.00614. The lowest BCUT2D eigenvalue weighted by molar-refractivity contribution is -0.121. The first kappa shape index (κ1) is 23.9. The average molecular weight is 473 g/mol. The zero-order valence-corrected chi connectivity index (χ0v) is 19.0. The van der Waals surface area contributed by atoms with Crippen LogP contribution >= 0.6 is 11.6 Å². The van der Waals surface area contributed by atoms with E-state index in [4.69, 9.17) is 16.3 Å². The van der Waals surface area contributed by atoms with Gasteiger partial charge in [0.25, 0.3) is 0 Å². The molecule has 0 saturated carbocycles. The van der Waals surface area contributed by atoms with Gasteiger partial charge in [0.05, 0.1) is 18.2 Å². The Morgan fingerprint density at radius 2 is 1.50 bits per heavy atom. The van der Waals surface area contributed by atoms with Gasteiger partial charge in [0.15, 0.2) is 0 Å². The van der Waals surface area contributed by atoms with Gasteiger partial charge in [-0.05, 0) is 28.8 Å². The van der Waals surface area contributed by atoms with Crippen molar-refractivity contribution >= 4 is 27.5 Å². The second-order valence-corrected chi connectivity index (χ2v) is 9.30. The van der Waals surface area contributed by atoms with Crippen molar-refractivity contribution in [2.75, 3.05) is 6.54 Å². The molecule has 0 saturated heterocycles. The molecule has 3 aromatic rings. The summed E-state index contributed by atoms with van der Waals surface area (Å²) in [5.74, 6) is -0.252. The van der Waals surface area contributed by atoms with Crippen molar-refractivity contribution in [1.82, 2.24) is 10.0 Å². The molecule has 0 fully saturated rings. The molecule has 3 aromatic carbocycles. The fraction of sp³-hybridized carbons (Fsp3) is 0.208. The molecule has 0 aromatic heterocycles. The Labute approximate surface area is 193 Å². The molecular weight excluding hydrogens is 448 g/mol. The second kappa shape index (κ2) is 11.8. The van der Waals surface area contributed by atoms with E-state index in [-0.39, 0.29) is 28.8 Å². The summed E-state index contributed by atoms with van der Waals surface area (Å²) >= 11 is 5.94. The van der Waals surface area contributed by atoms with Gasteiger partial charge >= 0.3 is 0 Å². The van der Waals surface area contributed by atoms with Crippen molar-refractivity contribution in [1.29, 1.82) is 0 Å². The molecule has 8 heteroatoms. The van der Waals surface area contributed by atoms with Gasteiger partial charge in [0.1, 0.15) is 4.90 Å². The van der Waals surface area contributed by atoms with Gasteiger partial charge in [0.2, 0.25) is 15.9 Å². The zero-order valence-electron chi connectivity index (χ0n) is 17.5. The number of benzene rings is 3. The summed E-state index contributed by atoms with van der Waals surface area (Å²) in [6.07, 6.45) is 0.0174. The highest BCUT2D eigenvalue weighted by Crippen LogP contribution is 2.20. The van der Waals surface area contributed by atoms with Gasteiger partial charge in [-0.3, -0.25) is 4.79 Å². The van der Waals surface area contributed by atoms with E-state index < -0.39 is 10.0 Å². The van der Waals surface area contributed by atoms with E-state index in [2.05, 4.69) is 10.0 Å². The van der Waals surface area contributed by atoms with Crippen LogP contribution in [-0.4, -0.2) is 20.9 Å². The highest BCUT2D eigenvalue weighted by Gasteiger charge is 2.17. The molecule has 32 heavy (non-hydrogen) atoms. The van der Waals surface area contributed by atoms with Gasteiger partial charge in [-0.1, -0.05) is 78.3 Å². The highest BCUT2D eigenvalue weighted by molar-refractivity contribution is 7.89. The smallest absolute Gasteiger partial charge is 0.242 e. The van der Waals surface area contributed by atoms with Crippen molar-refractivity contribution < 1.29 is 17.9 Å². The lowest BCUT2D eigenvalue weighted by atomic mass is 10.1. The largest absolute Gasteiger partial charge is 0.372 e. The summed E-state index contributed by atoms with van der Waals surface area (Å²) < 4.78 is 32.7. The molecule has 0 aliphatic rings. The number of ether oxygens (including phenoxy) is 1. The summed E-state index contributed by atoms with van der Waals surface area (Å²) in [5.41, 5.74) is 3.07. The number of hydrogen-bond donors (Lipinski definition) is 2. The van der Waals surface area contributed by atoms with Crippen LogP contribution in [0.3, 0.4) is 0 Å². The van der Waals surface area contributed by atoms with Gasteiger partial charge in [-0.15, -0.1) is 0 Å². The van der Waals surface area contributed by atoms with Gasteiger partial charge in [-0.2, -0.15) is 0 Å². The van der Waals surface area contributed by atoms with Crippen LogP contribution < -0.4 is 10.0 Å². The van der Waals surface area contributed by atoms with Crippen molar-refractivity contribution in [3.8, 4) is 0 Å². The lowest BCUT2D eigenvalue weighted by Crippen LogP contribution is -2.30. The molecule has 168 valence electrons. The summed E-state index contributed by atoms with van der Waals surface area (Å²) in [7, 11) is -3.76. The third kappa shape index (κ3) is 7.46. The number of carbonyl (C=O) groups excluding carboxylic acids is 1. The molecule has 0 radical (unpaired) electrons. The Morgan fingerprint density at radius 1 is 0.844 bits per heavy atom. The molecule has 0 bridgehead atoms. The third-order valence-corrected chi connectivity index (χ3v) is 6.59. The topological polar surface area (TPSA) is 84.5 Å². The summed E-state index contributed by atoms with van der Waals surface area (Å²) in [4.78, 5) is 12.1. The first-order valence-corrected chi connectivity index (χ1v) is 12.0. The van der Waals surface area contributed by atoms with Crippen LogP contribution in [0.4, 0.5) is 0 Å². The minimum Gasteiger partial charge on any atom is -0.372 e. The molecular formula is C24H25ClN2O4S. The van der Waals surface area contributed by atoms with Crippen molar-refractivity contribution in [3.63, 3.8) is 0 Å². The molecule has 0 unspecified atom stereocenters. The Balaban J connectivity index is 1.41. The number of hydrogen-bond acceptors (Lipinski definition) is 4. The Morgan fingerprint density at radius 3 is 2.28 bits per heavy atom. The zero-order chi connectivity index (χ0) is 22.8. The minimum atomic E-state index is -3.76. The molecule has 0 spiro atoms. The molecule has 0 aliphatic carbocycles. The maximum atomic E-state index is 12.3. The van der Waals surface area contributed by atoms with E-state index >= 15 is 0 Å². The predicted molar refractivity (Wildman–Crippen MR) is 124 cm³/mol. The average Bonchev–Trinajstić information content (AvgIpc) is 2.79. The van der Waals surface area contributed by atoms with Crippen LogP contribution in [0, 0.1) is 0 Å². The molecule has 0 atom stereocenters. The van der Waals surface area contributed by atoms with Crippen LogP contribution in [0.15, 0.2) is 83.8 Å². The maximum absolute atomic E-state index is 12.3. The first-order chi connectivity index (χ1) is 15.4. The van der Waals surface area contributed by atoms with Crippen LogP contribution in [0.5, 0.6) is 0 Å². The van der Waals surface area contributed by atoms with Crippen molar-refractivity contribution in [2.45, 2.75) is 31.1 Å². The fourth-order valence-electron chi connectivity index (χ4n) is 3.02. The molecule has 6 nitrogen and oxygen atoms in total. The molecule has 0 heterocycles. The number of sulfonamides is 1. The van der Waals surface area contributed by atoms with Gasteiger partial charge in [-0.25, -0.2) is 13.1 Å². The van der Waals surface area contributed by atoms with Crippen LogP contribution in [-0.2, 0) is 39.3 Å². The van der Waals surface area contributed by atoms with E-state index in [0.717, 1.165) is 16.7 Å². The standard InChI is InChI=1S/C24H25ClN2O4S/c25-22-11-4-5-12-23(22)32(29,30)27-14-13-24(28)26-16-20-9-6-10-21(15-20)18-31-17-19-7-2-1-3-8-19/h1-12,15,27H,13-14,16-18H2,(H,26,28). The maximum Gasteiger partial charge on any atom is 0.242 e. The van der Waals surface area contributed by atoms with Crippen LogP contribution in [0.2, 0.25) is 5.02 Å². The monoisotopic (exact) mass is 472 g/mol. The van der Waals surface area contributed by atoms with E-state index in [0.29, 0.717) is 19.8 Å². The first-order valence-electron chi connectivity index (χ1n) is 10.1. The molecule has 3 rings (SSSR count). The number of rotatable bonds is 11. The predicted octanol–water partition coefficient (Wildman–Crippen LogP) is 4.04. The summed E-state index contributed by atoms with van der Waals surface area (Å²) in [6, 6.07) is 23.9. The molecule has 0 aliphatic heterocycles. The summed E-state index contributed by atoms with van der Waals surface area (Å²) in [5, 5.41) is 2.94. The van der Waals surface area contributed by atoms with E-state index in [1.54, 1.807) is 12.1 Å². The SMILES string of the molecule is O=C(CCNS(=O)(=O)c1ccccc1Cl)NCc1cccc(COCc2ccccc2)c1. The van der Waals surface area contributed by atoms with Crippen molar-refractivity contribution in [2.24, 2.45) is 0 Å². The number of halogens is 1. The normalized spacial score (nSPS) is 11.3. The fourth-order valence-corrected chi connectivity index (χ4v) is 4.57. The van der Waals surface area contributed by atoms with Crippen LogP contribution in [0.25, 0.3) is 0 Å². The number of nitrogens with one attached hydrogen (secondary N) is 2. The second-order valence-electron chi connectivity index (χ2n) is 7.15. The van der Waals surface area contributed by atoms with Gasteiger partial charge in [0, 0.05) is 19.5 Å².